The van der Waals surface area contributed by atoms with Crippen LogP contribution in [0.15, 0.2) is 0 Å². The van der Waals surface area contributed by atoms with Crippen LogP contribution in [-0.2, 0) is 10.2 Å². The van der Waals surface area contributed by atoms with Crippen LogP contribution in [0.25, 0.3) is 0 Å². The van der Waals surface area contributed by atoms with E-state index in [1.54, 1.807) is 4.31 Å². The van der Waals surface area contributed by atoms with E-state index in [-0.39, 0.29) is 5.54 Å². The van der Waals surface area contributed by atoms with Crippen LogP contribution in [0.2, 0.25) is 0 Å². The second kappa shape index (κ2) is 4.55. The molecule has 0 bridgehead atoms. The topological polar surface area (TPSA) is 49.4 Å². The normalized spacial score (nSPS) is 30.2. The van der Waals surface area contributed by atoms with Gasteiger partial charge in [-0.15, -0.1) is 0 Å². The summed E-state index contributed by atoms with van der Waals surface area (Å²) in [7, 11) is -3.27. The molecule has 1 aliphatic carbocycles. The van der Waals surface area contributed by atoms with Crippen LogP contribution in [-0.4, -0.2) is 36.7 Å². The zero-order valence-electron chi connectivity index (χ0n) is 9.58. The van der Waals surface area contributed by atoms with Gasteiger partial charge in [0, 0.05) is 24.0 Å². The van der Waals surface area contributed by atoms with E-state index in [1.807, 2.05) is 0 Å². The molecule has 0 aromatic rings. The van der Waals surface area contributed by atoms with Gasteiger partial charge in [0.25, 0.3) is 10.2 Å². The third kappa shape index (κ3) is 2.78. The van der Waals surface area contributed by atoms with E-state index in [2.05, 4.69) is 27.6 Å². The van der Waals surface area contributed by atoms with Gasteiger partial charge in [-0.1, -0.05) is 22.9 Å². The van der Waals surface area contributed by atoms with Gasteiger partial charge in [0.15, 0.2) is 0 Å². The highest BCUT2D eigenvalue weighted by Crippen LogP contribution is 2.38. The minimum atomic E-state index is -3.27. The maximum atomic E-state index is 12.1. The highest BCUT2D eigenvalue weighted by atomic mass is 79.9. The molecule has 94 valence electrons. The molecular formula is C10H19BrN2O2S. The Morgan fingerprint density at radius 1 is 1.50 bits per heavy atom. The van der Waals surface area contributed by atoms with Crippen LogP contribution >= 0.6 is 15.9 Å². The first-order valence-electron chi connectivity index (χ1n) is 5.82. The number of hydrogen-bond donors (Lipinski definition) is 1. The van der Waals surface area contributed by atoms with Gasteiger partial charge in [-0.25, -0.2) is 0 Å². The number of piperidine rings is 1. The van der Waals surface area contributed by atoms with Gasteiger partial charge in [0.2, 0.25) is 0 Å². The Labute approximate surface area is 106 Å². The number of nitrogens with one attached hydrogen (secondary N) is 1. The van der Waals surface area contributed by atoms with Crippen molar-refractivity contribution in [3.05, 3.63) is 0 Å². The lowest BCUT2D eigenvalue weighted by atomic mass is 10.0. The SMILES string of the molecule is CC1CCCN(S(=O)(=O)NC2(CBr)CC2)C1. The predicted molar refractivity (Wildman–Crippen MR) is 67.8 cm³/mol. The molecule has 6 heteroatoms. The van der Waals surface area contributed by atoms with Crippen LogP contribution in [0, 0.1) is 5.92 Å². The summed E-state index contributed by atoms with van der Waals surface area (Å²) in [6.45, 7) is 3.44. The molecule has 2 rings (SSSR count). The molecule has 16 heavy (non-hydrogen) atoms. The fraction of sp³-hybridized carbons (Fsp3) is 1.00. The largest absolute Gasteiger partial charge is 0.279 e. The van der Waals surface area contributed by atoms with Gasteiger partial charge in [-0.05, 0) is 31.6 Å². The van der Waals surface area contributed by atoms with E-state index in [9.17, 15) is 8.42 Å². The van der Waals surface area contributed by atoms with Gasteiger partial charge in [-0.2, -0.15) is 17.4 Å². The average Bonchev–Trinajstić information content (AvgIpc) is 2.98. The number of rotatable bonds is 4. The third-order valence-corrected chi connectivity index (χ3v) is 6.19. The molecule has 0 amide bonds. The molecule has 2 aliphatic rings. The molecule has 0 radical (unpaired) electrons. The monoisotopic (exact) mass is 310 g/mol. The number of hydrogen-bond acceptors (Lipinski definition) is 2. The summed E-state index contributed by atoms with van der Waals surface area (Å²) in [6, 6.07) is 0. The van der Waals surface area contributed by atoms with E-state index in [4.69, 9.17) is 0 Å². The van der Waals surface area contributed by atoms with Crippen LogP contribution in [0.5, 0.6) is 0 Å². The summed E-state index contributed by atoms with van der Waals surface area (Å²) >= 11 is 3.38. The summed E-state index contributed by atoms with van der Waals surface area (Å²) < 4.78 is 28.7. The van der Waals surface area contributed by atoms with Crippen molar-refractivity contribution in [2.75, 3.05) is 18.4 Å². The van der Waals surface area contributed by atoms with Crippen molar-refractivity contribution in [1.29, 1.82) is 0 Å². The maximum absolute atomic E-state index is 12.1. The highest BCUT2D eigenvalue weighted by molar-refractivity contribution is 9.09. The second-order valence-corrected chi connectivity index (χ2v) is 7.36. The van der Waals surface area contributed by atoms with Crippen molar-refractivity contribution in [3.8, 4) is 0 Å². The molecule has 0 aromatic carbocycles. The molecule has 4 nitrogen and oxygen atoms in total. The molecule has 1 unspecified atom stereocenters. The average molecular weight is 311 g/mol. The minimum Gasteiger partial charge on any atom is -0.195 e. The maximum Gasteiger partial charge on any atom is 0.279 e. The molecule has 1 N–H and O–H groups in total. The van der Waals surface area contributed by atoms with Crippen molar-refractivity contribution in [2.45, 2.75) is 38.1 Å². The lowest BCUT2D eigenvalue weighted by Crippen LogP contribution is -2.50. The van der Waals surface area contributed by atoms with Crippen LogP contribution in [0.4, 0.5) is 0 Å². The fourth-order valence-corrected chi connectivity index (χ4v) is 4.78. The first kappa shape index (κ1) is 12.8. The van der Waals surface area contributed by atoms with Gasteiger partial charge >= 0.3 is 0 Å². The van der Waals surface area contributed by atoms with Crippen molar-refractivity contribution in [3.63, 3.8) is 0 Å². The quantitative estimate of drug-likeness (QED) is 0.800. The summed E-state index contributed by atoms with van der Waals surface area (Å²) in [4.78, 5) is 0. The first-order chi connectivity index (χ1) is 7.47. The summed E-state index contributed by atoms with van der Waals surface area (Å²) in [5.41, 5.74) is -0.195. The molecule has 2 fully saturated rings. The summed E-state index contributed by atoms with van der Waals surface area (Å²) in [5.74, 6) is 0.476. The predicted octanol–water partition coefficient (Wildman–Crippen LogP) is 1.48. The smallest absolute Gasteiger partial charge is 0.195 e. The van der Waals surface area contributed by atoms with Gasteiger partial charge in [-0.3, -0.25) is 0 Å². The number of halogens is 1. The first-order valence-corrected chi connectivity index (χ1v) is 8.39. The Morgan fingerprint density at radius 3 is 2.69 bits per heavy atom. The van der Waals surface area contributed by atoms with Crippen molar-refractivity contribution in [1.82, 2.24) is 9.03 Å². The van der Waals surface area contributed by atoms with E-state index in [0.717, 1.165) is 25.7 Å². The van der Waals surface area contributed by atoms with Crippen molar-refractivity contribution >= 4 is 26.1 Å². The van der Waals surface area contributed by atoms with E-state index < -0.39 is 10.2 Å². The highest BCUT2D eigenvalue weighted by Gasteiger charge is 2.46. The third-order valence-electron chi connectivity index (χ3n) is 3.41. The van der Waals surface area contributed by atoms with E-state index in [0.29, 0.717) is 24.3 Å². The number of nitrogens with zero attached hydrogens (tertiary/aromatic N) is 1. The Hall–Kier alpha value is 0.350. The molecule has 1 aliphatic heterocycles. The lowest BCUT2D eigenvalue weighted by molar-refractivity contribution is 0.276. The van der Waals surface area contributed by atoms with Crippen molar-refractivity contribution in [2.24, 2.45) is 5.92 Å². The fourth-order valence-electron chi connectivity index (χ4n) is 2.12. The zero-order chi connectivity index (χ0) is 11.8. The standard InChI is InChI=1S/C10H19BrN2O2S/c1-9-3-2-6-13(7-9)16(14,15)12-10(8-11)4-5-10/h9,12H,2-8H2,1H3. The molecule has 1 saturated carbocycles. The molecule has 1 heterocycles. The Morgan fingerprint density at radius 2 is 2.19 bits per heavy atom. The molecule has 1 atom stereocenters. The van der Waals surface area contributed by atoms with Crippen LogP contribution in [0.1, 0.15) is 32.6 Å². The van der Waals surface area contributed by atoms with Gasteiger partial charge in [0.05, 0.1) is 0 Å². The lowest BCUT2D eigenvalue weighted by Gasteiger charge is -2.31. The Bertz CT molecular complexity index is 354. The van der Waals surface area contributed by atoms with Gasteiger partial charge in [0.1, 0.15) is 0 Å². The van der Waals surface area contributed by atoms with E-state index in [1.165, 1.54) is 0 Å². The van der Waals surface area contributed by atoms with Crippen LogP contribution in [0.3, 0.4) is 0 Å². The van der Waals surface area contributed by atoms with Crippen molar-refractivity contribution < 1.29 is 8.42 Å². The second-order valence-electron chi connectivity index (χ2n) is 5.13. The van der Waals surface area contributed by atoms with Gasteiger partial charge < -0.3 is 0 Å². The summed E-state index contributed by atoms with van der Waals surface area (Å²) in [6.07, 6.45) is 4.00. The molecule has 0 aromatic heterocycles. The number of alkyl halides is 1. The van der Waals surface area contributed by atoms with Crippen LogP contribution < -0.4 is 4.72 Å². The minimum absolute atomic E-state index is 0.195. The Kier molecular flexibility index (Phi) is 3.64. The molecule has 1 saturated heterocycles. The van der Waals surface area contributed by atoms with E-state index >= 15 is 0 Å². The summed E-state index contributed by atoms with van der Waals surface area (Å²) in [5, 5.41) is 0.711. The zero-order valence-corrected chi connectivity index (χ0v) is 12.0. The molecular weight excluding hydrogens is 292 g/mol. The molecule has 0 spiro atoms. The Balaban J connectivity index is 2.01.